The predicted molar refractivity (Wildman–Crippen MR) is 101 cm³/mol. The van der Waals surface area contributed by atoms with Gasteiger partial charge in [0.1, 0.15) is 5.52 Å². The number of nitrogens with one attached hydrogen (secondary N) is 1. The van der Waals surface area contributed by atoms with Gasteiger partial charge in [0.15, 0.2) is 6.61 Å². The van der Waals surface area contributed by atoms with E-state index in [4.69, 9.17) is 4.74 Å². The first-order valence-corrected chi connectivity index (χ1v) is 8.90. The number of hydrogen-bond donors (Lipinski definition) is 1. The zero-order valence-corrected chi connectivity index (χ0v) is 15.4. The number of para-hydroxylation sites is 1. The number of aromatic nitrogens is 3. The Bertz CT molecular complexity index is 934. The molecule has 0 radical (unpaired) electrons. The van der Waals surface area contributed by atoms with E-state index in [9.17, 15) is 9.59 Å². The lowest BCUT2D eigenvalue weighted by molar-refractivity contribution is -0.124. The fourth-order valence-electron chi connectivity index (χ4n) is 2.59. The van der Waals surface area contributed by atoms with E-state index in [1.54, 1.807) is 12.1 Å². The molecule has 2 aromatic carbocycles. The highest BCUT2D eigenvalue weighted by Crippen LogP contribution is 2.13. The summed E-state index contributed by atoms with van der Waals surface area (Å²) in [6, 6.07) is 14.8. The molecular weight excluding hydrogens is 344 g/mol. The van der Waals surface area contributed by atoms with Crippen LogP contribution < -0.4 is 5.32 Å². The van der Waals surface area contributed by atoms with Gasteiger partial charge >= 0.3 is 5.97 Å². The number of fused-ring (bicyclic) bond motifs is 1. The summed E-state index contributed by atoms with van der Waals surface area (Å²) < 4.78 is 6.87. The summed E-state index contributed by atoms with van der Waals surface area (Å²) >= 11 is 0. The summed E-state index contributed by atoms with van der Waals surface area (Å²) in [5.74, 6) is -0.820. The first-order valence-electron chi connectivity index (χ1n) is 8.90. The van der Waals surface area contributed by atoms with Crippen molar-refractivity contribution in [3.8, 4) is 0 Å². The van der Waals surface area contributed by atoms with Gasteiger partial charge in [-0.25, -0.2) is 9.48 Å². The molecule has 0 bridgehead atoms. The second-order valence-electron chi connectivity index (χ2n) is 6.39. The normalized spacial score (nSPS) is 11.9. The molecule has 0 unspecified atom stereocenters. The van der Waals surface area contributed by atoms with E-state index in [-0.39, 0.29) is 18.6 Å². The van der Waals surface area contributed by atoms with Crippen LogP contribution in [0.1, 0.15) is 36.2 Å². The molecule has 7 nitrogen and oxygen atoms in total. The minimum Gasteiger partial charge on any atom is -0.452 e. The first-order chi connectivity index (χ1) is 13.1. The van der Waals surface area contributed by atoms with Crippen LogP contribution in [0.3, 0.4) is 0 Å². The van der Waals surface area contributed by atoms with Gasteiger partial charge in [-0.05, 0) is 43.2 Å². The van der Waals surface area contributed by atoms with Crippen LogP contribution in [0.25, 0.3) is 11.0 Å². The van der Waals surface area contributed by atoms with E-state index < -0.39 is 5.97 Å². The average Bonchev–Trinajstić information content (AvgIpc) is 3.09. The van der Waals surface area contributed by atoms with Gasteiger partial charge in [-0.2, -0.15) is 0 Å². The molecule has 0 saturated carbocycles. The molecule has 0 aliphatic heterocycles. The molecule has 3 aromatic rings. The van der Waals surface area contributed by atoms with Crippen molar-refractivity contribution in [3.63, 3.8) is 0 Å². The van der Waals surface area contributed by atoms with Gasteiger partial charge in [-0.15, -0.1) is 5.10 Å². The third-order valence-electron chi connectivity index (χ3n) is 4.30. The van der Waals surface area contributed by atoms with E-state index in [0.29, 0.717) is 12.1 Å². The van der Waals surface area contributed by atoms with Crippen LogP contribution in [0.2, 0.25) is 0 Å². The summed E-state index contributed by atoms with van der Waals surface area (Å²) in [5, 5.41) is 11.0. The lowest BCUT2D eigenvalue weighted by atomic mass is 10.1. The largest absolute Gasteiger partial charge is 0.452 e. The highest BCUT2D eigenvalue weighted by atomic mass is 16.5. The minimum atomic E-state index is -0.521. The number of benzene rings is 2. The van der Waals surface area contributed by atoms with Gasteiger partial charge in [-0.1, -0.05) is 36.4 Å². The van der Waals surface area contributed by atoms with E-state index >= 15 is 0 Å². The highest BCUT2D eigenvalue weighted by Gasteiger charge is 2.12. The highest BCUT2D eigenvalue weighted by molar-refractivity contribution is 5.91. The predicted octanol–water partition coefficient (Wildman–Crippen LogP) is 2.55. The first kappa shape index (κ1) is 18.6. The van der Waals surface area contributed by atoms with Crippen molar-refractivity contribution in [1.82, 2.24) is 20.3 Å². The van der Waals surface area contributed by atoms with Gasteiger partial charge in [-0.3, -0.25) is 4.79 Å². The van der Waals surface area contributed by atoms with Crippen molar-refractivity contribution >= 4 is 22.9 Å². The fourth-order valence-corrected chi connectivity index (χ4v) is 2.59. The lowest BCUT2D eigenvalue weighted by Gasteiger charge is -2.11. The van der Waals surface area contributed by atoms with Crippen molar-refractivity contribution in [2.45, 2.75) is 32.9 Å². The maximum Gasteiger partial charge on any atom is 0.338 e. The van der Waals surface area contributed by atoms with Gasteiger partial charge in [0, 0.05) is 6.04 Å². The Kier molecular flexibility index (Phi) is 5.80. The summed E-state index contributed by atoms with van der Waals surface area (Å²) in [5.41, 5.74) is 3.18. The molecule has 0 aliphatic carbocycles. The number of amides is 1. The Hall–Kier alpha value is -3.22. The molecule has 27 heavy (non-hydrogen) atoms. The number of ether oxygens (including phenoxy) is 1. The Morgan fingerprint density at radius 1 is 1.15 bits per heavy atom. The van der Waals surface area contributed by atoms with Crippen molar-refractivity contribution in [3.05, 3.63) is 59.7 Å². The number of esters is 1. The standard InChI is InChI=1S/C20H22N4O3/c1-3-14(2)21-19(25)13-27-20(26)16-10-8-15(9-11-16)12-24-18-7-5-4-6-17(18)22-23-24/h4-11,14H,3,12-13H2,1-2H3,(H,21,25)/t14-/m0/s1. The Morgan fingerprint density at radius 2 is 1.89 bits per heavy atom. The molecule has 0 aliphatic rings. The van der Waals surface area contributed by atoms with Crippen LogP contribution in [0.5, 0.6) is 0 Å². The monoisotopic (exact) mass is 366 g/mol. The van der Waals surface area contributed by atoms with Gasteiger partial charge < -0.3 is 10.1 Å². The Morgan fingerprint density at radius 3 is 2.63 bits per heavy atom. The van der Waals surface area contributed by atoms with Gasteiger partial charge in [0.25, 0.3) is 5.91 Å². The van der Waals surface area contributed by atoms with Crippen LogP contribution in [0.15, 0.2) is 48.5 Å². The third kappa shape index (κ3) is 4.69. The average molecular weight is 366 g/mol. The maximum atomic E-state index is 12.1. The zero-order chi connectivity index (χ0) is 19.2. The topological polar surface area (TPSA) is 86.1 Å². The molecule has 7 heteroatoms. The molecule has 0 spiro atoms. The maximum absolute atomic E-state index is 12.1. The second-order valence-corrected chi connectivity index (χ2v) is 6.39. The van der Waals surface area contributed by atoms with Gasteiger partial charge in [0.2, 0.25) is 0 Å². The summed E-state index contributed by atoms with van der Waals surface area (Å²) in [7, 11) is 0. The van der Waals surface area contributed by atoms with E-state index in [1.165, 1.54) is 0 Å². The molecule has 0 fully saturated rings. The second kappa shape index (κ2) is 8.44. The van der Waals surface area contributed by atoms with Crippen LogP contribution >= 0.6 is 0 Å². The smallest absolute Gasteiger partial charge is 0.338 e. The molecule has 3 rings (SSSR count). The SMILES string of the molecule is CC[C@H](C)NC(=O)COC(=O)c1ccc(Cn2nnc3ccccc32)cc1. The molecule has 0 saturated heterocycles. The third-order valence-corrected chi connectivity index (χ3v) is 4.30. The summed E-state index contributed by atoms with van der Waals surface area (Å²) in [6.45, 7) is 4.14. The van der Waals surface area contributed by atoms with Crippen molar-refractivity contribution in [2.75, 3.05) is 6.61 Å². The molecule has 140 valence electrons. The molecule has 1 N–H and O–H groups in total. The van der Waals surface area contributed by atoms with Crippen molar-refractivity contribution in [1.29, 1.82) is 0 Å². The molecule has 1 heterocycles. The molecule has 1 amide bonds. The Labute approximate surface area is 157 Å². The quantitative estimate of drug-likeness (QED) is 0.650. The van der Waals surface area contributed by atoms with Crippen LogP contribution in [0, 0.1) is 0 Å². The molecular formula is C20H22N4O3. The number of carbonyl (C=O) groups excluding carboxylic acids is 2. The van der Waals surface area contributed by atoms with E-state index in [2.05, 4.69) is 15.6 Å². The minimum absolute atomic E-state index is 0.0587. The van der Waals surface area contributed by atoms with Crippen molar-refractivity contribution in [2.24, 2.45) is 0 Å². The Balaban J connectivity index is 1.58. The fraction of sp³-hybridized carbons (Fsp3) is 0.300. The number of hydrogen-bond acceptors (Lipinski definition) is 5. The van der Waals surface area contributed by atoms with Crippen LogP contribution in [-0.2, 0) is 16.1 Å². The van der Waals surface area contributed by atoms with Crippen molar-refractivity contribution < 1.29 is 14.3 Å². The number of rotatable bonds is 7. The summed E-state index contributed by atoms with van der Waals surface area (Å²) in [4.78, 5) is 23.8. The van der Waals surface area contributed by atoms with Crippen LogP contribution in [0.4, 0.5) is 0 Å². The number of carbonyl (C=O) groups is 2. The van der Waals surface area contributed by atoms with Crippen LogP contribution in [-0.4, -0.2) is 39.5 Å². The van der Waals surface area contributed by atoms with Gasteiger partial charge in [0.05, 0.1) is 17.6 Å². The number of nitrogens with zero attached hydrogens (tertiary/aromatic N) is 3. The molecule has 1 aromatic heterocycles. The summed E-state index contributed by atoms with van der Waals surface area (Å²) in [6.07, 6.45) is 0.822. The zero-order valence-electron chi connectivity index (χ0n) is 15.4. The lowest BCUT2D eigenvalue weighted by Crippen LogP contribution is -2.35. The van der Waals surface area contributed by atoms with E-state index in [0.717, 1.165) is 23.0 Å². The molecule has 1 atom stereocenters. The van der Waals surface area contributed by atoms with E-state index in [1.807, 2.05) is 54.9 Å².